The highest BCUT2D eigenvalue weighted by molar-refractivity contribution is 7.86. The number of carbonyl (C=O) groups is 1. The minimum atomic E-state index is -3.81. The van der Waals surface area contributed by atoms with Crippen molar-refractivity contribution in [1.29, 1.82) is 0 Å². The summed E-state index contributed by atoms with van der Waals surface area (Å²) in [6, 6.07) is 6.44. The van der Waals surface area contributed by atoms with E-state index in [-0.39, 0.29) is 18.1 Å². The van der Waals surface area contributed by atoms with Crippen LogP contribution in [0.25, 0.3) is 0 Å². The van der Waals surface area contributed by atoms with E-state index in [1.165, 1.54) is 17.0 Å². The van der Waals surface area contributed by atoms with Gasteiger partial charge in [-0.1, -0.05) is 17.7 Å². The molecule has 1 aliphatic heterocycles. The molecule has 0 spiro atoms. The molecule has 2 rings (SSSR count). The zero-order valence-electron chi connectivity index (χ0n) is 15.7. The molecular formula is C18H27NO6S. The Kier molecular flexibility index (Phi) is 6.65. The standard InChI is InChI=1S/C18H27NO6S/c1-14-7-9-15(10-8-14)26(21,22)24-13-12-23-16-6-5-11-19(16)17(20)25-18(2,3)4/h7-10,16H,5-6,11-13H2,1-4H3. The second-order valence-electron chi connectivity index (χ2n) is 7.23. The Morgan fingerprint density at radius 2 is 1.85 bits per heavy atom. The first-order chi connectivity index (χ1) is 12.1. The summed E-state index contributed by atoms with van der Waals surface area (Å²) in [7, 11) is -3.81. The van der Waals surface area contributed by atoms with Crippen LogP contribution in [0, 0.1) is 6.92 Å². The van der Waals surface area contributed by atoms with Gasteiger partial charge in [-0.2, -0.15) is 8.42 Å². The Morgan fingerprint density at radius 1 is 1.19 bits per heavy atom. The van der Waals surface area contributed by atoms with E-state index in [0.717, 1.165) is 12.0 Å². The van der Waals surface area contributed by atoms with Crippen molar-refractivity contribution in [3.8, 4) is 0 Å². The highest BCUT2D eigenvalue weighted by atomic mass is 32.2. The van der Waals surface area contributed by atoms with Crippen molar-refractivity contribution in [2.45, 2.75) is 57.3 Å². The van der Waals surface area contributed by atoms with E-state index in [4.69, 9.17) is 13.7 Å². The van der Waals surface area contributed by atoms with E-state index in [1.807, 2.05) is 6.92 Å². The van der Waals surface area contributed by atoms with Crippen molar-refractivity contribution in [1.82, 2.24) is 4.90 Å². The van der Waals surface area contributed by atoms with Crippen molar-refractivity contribution in [3.63, 3.8) is 0 Å². The Balaban J connectivity index is 1.81. The molecule has 146 valence electrons. The highest BCUT2D eigenvalue weighted by Crippen LogP contribution is 2.21. The molecule has 0 bridgehead atoms. The average Bonchev–Trinajstić information content (AvgIpc) is 2.99. The zero-order valence-corrected chi connectivity index (χ0v) is 16.5. The summed E-state index contributed by atoms with van der Waals surface area (Å²) in [6.07, 6.45) is 0.653. The van der Waals surface area contributed by atoms with Crippen LogP contribution in [0.3, 0.4) is 0 Å². The predicted molar refractivity (Wildman–Crippen MR) is 96.2 cm³/mol. The fourth-order valence-electron chi connectivity index (χ4n) is 2.54. The molecule has 1 amide bonds. The van der Waals surface area contributed by atoms with Crippen LogP contribution in [0.5, 0.6) is 0 Å². The van der Waals surface area contributed by atoms with Gasteiger partial charge in [0.15, 0.2) is 0 Å². The van der Waals surface area contributed by atoms with Crippen molar-refractivity contribution in [2.75, 3.05) is 19.8 Å². The van der Waals surface area contributed by atoms with Gasteiger partial charge in [0.25, 0.3) is 10.1 Å². The summed E-state index contributed by atoms with van der Waals surface area (Å²) >= 11 is 0. The summed E-state index contributed by atoms with van der Waals surface area (Å²) < 4.78 is 40.2. The zero-order chi connectivity index (χ0) is 19.4. The van der Waals surface area contributed by atoms with Gasteiger partial charge < -0.3 is 9.47 Å². The van der Waals surface area contributed by atoms with Crippen LogP contribution in [-0.4, -0.2) is 51.0 Å². The number of rotatable bonds is 6. The number of nitrogens with zero attached hydrogens (tertiary/aromatic N) is 1. The van der Waals surface area contributed by atoms with Gasteiger partial charge in [0.2, 0.25) is 0 Å². The molecule has 1 aromatic rings. The van der Waals surface area contributed by atoms with Crippen molar-refractivity contribution >= 4 is 16.2 Å². The van der Waals surface area contributed by atoms with Crippen molar-refractivity contribution < 1.29 is 26.9 Å². The summed E-state index contributed by atoms with van der Waals surface area (Å²) in [5, 5.41) is 0. The van der Waals surface area contributed by atoms with Crippen LogP contribution >= 0.6 is 0 Å². The molecular weight excluding hydrogens is 358 g/mol. The molecule has 0 aromatic heterocycles. The molecule has 1 atom stereocenters. The van der Waals surface area contributed by atoms with Crippen LogP contribution in [0.15, 0.2) is 29.2 Å². The number of carbonyl (C=O) groups excluding carboxylic acids is 1. The second-order valence-corrected chi connectivity index (χ2v) is 8.85. The molecule has 0 saturated carbocycles. The van der Waals surface area contributed by atoms with Crippen LogP contribution < -0.4 is 0 Å². The van der Waals surface area contributed by atoms with E-state index in [2.05, 4.69) is 0 Å². The smallest absolute Gasteiger partial charge is 0.412 e. The van der Waals surface area contributed by atoms with Gasteiger partial charge in [0.05, 0.1) is 18.1 Å². The van der Waals surface area contributed by atoms with Gasteiger partial charge in [-0.15, -0.1) is 0 Å². The molecule has 7 nitrogen and oxygen atoms in total. The average molecular weight is 385 g/mol. The molecule has 26 heavy (non-hydrogen) atoms. The first kappa shape index (κ1) is 20.7. The van der Waals surface area contributed by atoms with E-state index < -0.39 is 28.0 Å². The summed E-state index contributed by atoms with van der Waals surface area (Å²) in [4.78, 5) is 13.8. The predicted octanol–water partition coefficient (Wildman–Crippen LogP) is 3.07. The monoisotopic (exact) mass is 385 g/mol. The molecule has 1 unspecified atom stereocenters. The largest absolute Gasteiger partial charge is 0.444 e. The minimum Gasteiger partial charge on any atom is -0.444 e. The van der Waals surface area contributed by atoms with Crippen LogP contribution in [0.4, 0.5) is 4.79 Å². The number of likely N-dealkylation sites (tertiary alicyclic amines) is 1. The number of amides is 1. The highest BCUT2D eigenvalue weighted by Gasteiger charge is 2.32. The van der Waals surface area contributed by atoms with E-state index >= 15 is 0 Å². The summed E-state index contributed by atoms with van der Waals surface area (Å²) in [5.74, 6) is 0. The summed E-state index contributed by atoms with van der Waals surface area (Å²) in [6.45, 7) is 7.80. The fraction of sp³-hybridized carbons (Fsp3) is 0.611. The number of hydrogen-bond acceptors (Lipinski definition) is 6. The van der Waals surface area contributed by atoms with Crippen LogP contribution in [-0.2, 0) is 23.8 Å². The Bertz CT molecular complexity index is 708. The number of benzene rings is 1. The molecule has 1 fully saturated rings. The Morgan fingerprint density at radius 3 is 2.46 bits per heavy atom. The normalized spacial score (nSPS) is 18.2. The number of hydrogen-bond donors (Lipinski definition) is 0. The van der Waals surface area contributed by atoms with Crippen LogP contribution in [0.2, 0.25) is 0 Å². The molecule has 1 heterocycles. The molecule has 1 aromatic carbocycles. The quantitative estimate of drug-likeness (QED) is 0.553. The molecule has 1 saturated heterocycles. The maximum atomic E-state index is 12.2. The van der Waals surface area contributed by atoms with Crippen molar-refractivity contribution in [3.05, 3.63) is 29.8 Å². The Hall–Kier alpha value is -1.64. The Labute approximate surface area is 155 Å². The number of ether oxygens (including phenoxy) is 2. The minimum absolute atomic E-state index is 0.0645. The van der Waals surface area contributed by atoms with Gasteiger partial charge in [-0.25, -0.2) is 4.79 Å². The molecule has 8 heteroatoms. The van der Waals surface area contributed by atoms with E-state index in [1.54, 1.807) is 32.9 Å². The van der Waals surface area contributed by atoms with Gasteiger partial charge in [-0.3, -0.25) is 9.08 Å². The maximum Gasteiger partial charge on any atom is 0.412 e. The SMILES string of the molecule is Cc1ccc(S(=O)(=O)OCCOC2CCCN2C(=O)OC(C)(C)C)cc1. The van der Waals surface area contributed by atoms with Crippen molar-refractivity contribution in [2.24, 2.45) is 0 Å². The van der Waals surface area contributed by atoms with Crippen LogP contribution in [0.1, 0.15) is 39.2 Å². The van der Waals surface area contributed by atoms with E-state index in [0.29, 0.717) is 13.0 Å². The lowest BCUT2D eigenvalue weighted by Crippen LogP contribution is -2.41. The third kappa shape index (κ3) is 5.96. The topological polar surface area (TPSA) is 82.1 Å². The third-order valence-electron chi connectivity index (χ3n) is 3.77. The van der Waals surface area contributed by atoms with Gasteiger partial charge in [0, 0.05) is 6.54 Å². The fourth-order valence-corrected chi connectivity index (χ4v) is 3.43. The number of aryl methyl sites for hydroxylation is 1. The lowest BCUT2D eigenvalue weighted by atomic mass is 10.2. The lowest BCUT2D eigenvalue weighted by molar-refractivity contribution is -0.0546. The first-order valence-corrected chi connectivity index (χ1v) is 10.1. The van der Waals surface area contributed by atoms with Gasteiger partial charge >= 0.3 is 6.09 Å². The van der Waals surface area contributed by atoms with Gasteiger partial charge in [0.1, 0.15) is 11.8 Å². The first-order valence-electron chi connectivity index (χ1n) is 8.66. The third-order valence-corrected chi connectivity index (χ3v) is 5.09. The summed E-state index contributed by atoms with van der Waals surface area (Å²) in [5.41, 5.74) is 0.394. The lowest BCUT2D eigenvalue weighted by Gasteiger charge is -2.28. The van der Waals surface area contributed by atoms with Gasteiger partial charge in [-0.05, 0) is 52.7 Å². The maximum absolute atomic E-state index is 12.2. The molecule has 1 aliphatic rings. The second kappa shape index (κ2) is 8.37. The molecule has 0 radical (unpaired) electrons. The van der Waals surface area contributed by atoms with E-state index in [9.17, 15) is 13.2 Å². The molecule has 0 aliphatic carbocycles. The molecule has 0 N–H and O–H groups in total.